The maximum absolute atomic E-state index is 5.90. The molecule has 2 nitrogen and oxygen atoms in total. The van der Waals surface area contributed by atoms with E-state index in [1.54, 1.807) is 0 Å². The molecule has 0 saturated heterocycles. The van der Waals surface area contributed by atoms with Gasteiger partial charge in [0, 0.05) is 11.4 Å². The molecule has 2 aliphatic carbocycles. The maximum Gasteiger partial charge on any atom is 0.0337 e. The fourth-order valence-electron chi connectivity index (χ4n) is 4.67. The van der Waals surface area contributed by atoms with Crippen molar-refractivity contribution in [1.29, 1.82) is 0 Å². The van der Waals surface area contributed by atoms with E-state index in [-0.39, 0.29) is 0 Å². The second-order valence-electron chi connectivity index (χ2n) is 7.39. The summed E-state index contributed by atoms with van der Waals surface area (Å²) in [7, 11) is 0. The Labute approximate surface area is 129 Å². The highest BCUT2D eigenvalue weighted by Crippen LogP contribution is 2.40. The SMILES string of the molecule is Nc1cc(N)cc(CC2CCC(C3CCCCC3)CC2)c1. The summed E-state index contributed by atoms with van der Waals surface area (Å²) in [5, 5.41) is 0. The molecule has 0 amide bonds. The number of nitrogens with two attached hydrogens (primary N) is 2. The molecule has 21 heavy (non-hydrogen) atoms. The lowest BCUT2D eigenvalue weighted by molar-refractivity contribution is 0.167. The standard InChI is InChI=1S/C19H30N2/c20-18-11-15(12-19(21)13-18)10-14-6-8-17(9-7-14)16-4-2-1-3-5-16/h11-14,16-17H,1-10,20-21H2. The molecule has 2 heteroatoms. The van der Waals surface area contributed by atoms with Crippen molar-refractivity contribution in [1.82, 2.24) is 0 Å². The van der Waals surface area contributed by atoms with E-state index < -0.39 is 0 Å². The Balaban J connectivity index is 1.51. The molecular weight excluding hydrogens is 256 g/mol. The smallest absolute Gasteiger partial charge is 0.0337 e. The third-order valence-electron chi connectivity index (χ3n) is 5.77. The van der Waals surface area contributed by atoms with Gasteiger partial charge in [-0.05, 0) is 73.6 Å². The van der Waals surface area contributed by atoms with Crippen LogP contribution in [0.15, 0.2) is 18.2 Å². The first-order valence-electron chi connectivity index (χ1n) is 8.85. The van der Waals surface area contributed by atoms with Gasteiger partial charge in [-0.2, -0.15) is 0 Å². The van der Waals surface area contributed by atoms with Gasteiger partial charge in [0.2, 0.25) is 0 Å². The van der Waals surface area contributed by atoms with Gasteiger partial charge in [-0.1, -0.05) is 32.1 Å². The van der Waals surface area contributed by atoms with Crippen molar-refractivity contribution < 1.29 is 0 Å². The fraction of sp³-hybridized carbons (Fsp3) is 0.684. The minimum atomic E-state index is 0.806. The van der Waals surface area contributed by atoms with E-state index in [0.29, 0.717) is 0 Å². The van der Waals surface area contributed by atoms with Crippen LogP contribution in [0.1, 0.15) is 63.4 Å². The first kappa shape index (κ1) is 14.7. The normalized spacial score (nSPS) is 27.6. The van der Waals surface area contributed by atoms with Crippen LogP contribution in [-0.4, -0.2) is 0 Å². The van der Waals surface area contributed by atoms with Crippen molar-refractivity contribution in [3.05, 3.63) is 23.8 Å². The zero-order valence-electron chi connectivity index (χ0n) is 13.2. The van der Waals surface area contributed by atoms with Crippen LogP contribution in [0.2, 0.25) is 0 Å². The van der Waals surface area contributed by atoms with Crippen LogP contribution in [0.3, 0.4) is 0 Å². The lowest BCUT2D eigenvalue weighted by atomic mass is 9.70. The molecule has 0 bridgehead atoms. The van der Waals surface area contributed by atoms with E-state index in [1.165, 1.54) is 63.4 Å². The number of anilines is 2. The van der Waals surface area contributed by atoms with Crippen LogP contribution in [0.25, 0.3) is 0 Å². The van der Waals surface area contributed by atoms with Gasteiger partial charge in [0.05, 0.1) is 0 Å². The summed E-state index contributed by atoms with van der Waals surface area (Å²) in [4.78, 5) is 0. The number of rotatable bonds is 3. The van der Waals surface area contributed by atoms with E-state index in [9.17, 15) is 0 Å². The van der Waals surface area contributed by atoms with Crippen molar-refractivity contribution in [3.8, 4) is 0 Å². The molecule has 0 radical (unpaired) electrons. The summed E-state index contributed by atoms with van der Waals surface area (Å²) in [5.41, 5.74) is 14.7. The number of benzene rings is 1. The van der Waals surface area contributed by atoms with Gasteiger partial charge in [0.1, 0.15) is 0 Å². The van der Waals surface area contributed by atoms with Gasteiger partial charge in [-0.25, -0.2) is 0 Å². The molecule has 0 aliphatic heterocycles. The highest BCUT2D eigenvalue weighted by Gasteiger charge is 2.28. The molecule has 2 aliphatic rings. The summed E-state index contributed by atoms with van der Waals surface area (Å²) in [5.74, 6) is 2.90. The van der Waals surface area contributed by atoms with Gasteiger partial charge < -0.3 is 11.5 Å². The zero-order chi connectivity index (χ0) is 14.7. The minimum absolute atomic E-state index is 0.806. The molecule has 4 N–H and O–H groups in total. The Hall–Kier alpha value is -1.18. The first-order chi connectivity index (χ1) is 10.2. The van der Waals surface area contributed by atoms with Crippen LogP contribution >= 0.6 is 0 Å². The largest absolute Gasteiger partial charge is 0.399 e. The van der Waals surface area contributed by atoms with Gasteiger partial charge in [0.25, 0.3) is 0 Å². The molecule has 0 heterocycles. The van der Waals surface area contributed by atoms with E-state index in [1.807, 2.05) is 6.07 Å². The van der Waals surface area contributed by atoms with E-state index >= 15 is 0 Å². The molecule has 116 valence electrons. The van der Waals surface area contributed by atoms with E-state index in [0.717, 1.165) is 35.5 Å². The quantitative estimate of drug-likeness (QED) is 0.786. The van der Waals surface area contributed by atoms with Crippen molar-refractivity contribution in [2.45, 2.75) is 64.2 Å². The summed E-state index contributed by atoms with van der Waals surface area (Å²) in [6.45, 7) is 0. The summed E-state index contributed by atoms with van der Waals surface area (Å²) in [6, 6.07) is 6.05. The predicted octanol–water partition coefficient (Wildman–Crippen LogP) is 4.78. The Morgan fingerprint density at radius 3 is 1.90 bits per heavy atom. The Kier molecular flexibility index (Phi) is 4.72. The van der Waals surface area contributed by atoms with E-state index in [4.69, 9.17) is 11.5 Å². The molecule has 3 rings (SSSR count). The maximum atomic E-state index is 5.90. The Morgan fingerprint density at radius 2 is 1.29 bits per heavy atom. The third kappa shape index (κ3) is 3.93. The van der Waals surface area contributed by atoms with E-state index in [2.05, 4.69) is 12.1 Å². The Morgan fingerprint density at radius 1 is 0.714 bits per heavy atom. The number of hydrogen-bond donors (Lipinski definition) is 2. The highest BCUT2D eigenvalue weighted by molar-refractivity contribution is 5.54. The van der Waals surface area contributed by atoms with Gasteiger partial charge in [0.15, 0.2) is 0 Å². The molecule has 2 saturated carbocycles. The molecule has 0 aromatic heterocycles. The number of nitrogen functional groups attached to an aromatic ring is 2. The van der Waals surface area contributed by atoms with Gasteiger partial charge >= 0.3 is 0 Å². The van der Waals surface area contributed by atoms with Crippen LogP contribution < -0.4 is 11.5 Å². The van der Waals surface area contributed by atoms with Crippen LogP contribution in [0.4, 0.5) is 11.4 Å². The topological polar surface area (TPSA) is 52.0 Å². The molecule has 0 spiro atoms. The average molecular weight is 286 g/mol. The average Bonchev–Trinajstić information content (AvgIpc) is 2.48. The van der Waals surface area contributed by atoms with Crippen molar-refractivity contribution in [3.63, 3.8) is 0 Å². The molecular formula is C19H30N2. The van der Waals surface area contributed by atoms with Gasteiger partial charge in [-0.15, -0.1) is 0 Å². The highest BCUT2D eigenvalue weighted by atomic mass is 14.6. The van der Waals surface area contributed by atoms with Crippen molar-refractivity contribution >= 4 is 11.4 Å². The summed E-state index contributed by atoms with van der Waals surface area (Å²) in [6.07, 6.45) is 14.3. The third-order valence-corrected chi connectivity index (χ3v) is 5.77. The fourth-order valence-corrected chi connectivity index (χ4v) is 4.67. The minimum Gasteiger partial charge on any atom is -0.399 e. The predicted molar refractivity (Wildman–Crippen MR) is 91.0 cm³/mol. The molecule has 0 unspecified atom stereocenters. The van der Waals surface area contributed by atoms with Crippen molar-refractivity contribution in [2.75, 3.05) is 11.5 Å². The van der Waals surface area contributed by atoms with Gasteiger partial charge in [-0.3, -0.25) is 0 Å². The van der Waals surface area contributed by atoms with Crippen LogP contribution in [0.5, 0.6) is 0 Å². The molecule has 1 aromatic carbocycles. The molecule has 1 aromatic rings. The van der Waals surface area contributed by atoms with Crippen LogP contribution in [0, 0.1) is 17.8 Å². The lowest BCUT2D eigenvalue weighted by Crippen LogP contribution is -2.24. The number of hydrogen-bond acceptors (Lipinski definition) is 2. The summed E-state index contributed by atoms with van der Waals surface area (Å²) < 4.78 is 0. The molecule has 2 fully saturated rings. The second-order valence-corrected chi connectivity index (χ2v) is 7.39. The molecule has 0 atom stereocenters. The Bertz CT molecular complexity index is 434. The van der Waals surface area contributed by atoms with Crippen LogP contribution in [-0.2, 0) is 6.42 Å². The summed E-state index contributed by atoms with van der Waals surface area (Å²) >= 11 is 0. The monoisotopic (exact) mass is 286 g/mol. The van der Waals surface area contributed by atoms with Crippen molar-refractivity contribution in [2.24, 2.45) is 17.8 Å². The lowest BCUT2D eigenvalue weighted by Gasteiger charge is -2.36. The zero-order valence-corrected chi connectivity index (χ0v) is 13.2. The second kappa shape index (κ2) is 6.72. The first-order valence-corrected chi connectivity index (χ1v) is 8.85.